The molecule has 4 aromatic rings. The summed E-state index contributed by atoms with van der Waals surface area (Å²) in [6.45, 7) is 1.76. The van der Waals surface area contributed by atoms with Crippen LogP contribution in [0.4, 0.5) is 0 Å². The zero-order valence-electron chi connectivity index (χ0n) is 20.1. The quantitative estimate of drug-likeness (QED) is 0.263. The molecule has 0 aliphatic rings. The summed E-state index contributed by atoms with van der Waals surface area (Å²) in [6, 6.07) is 23.3. The van der Waals surface area contributed by atoms with Gasteiger partial charge in [-0.25, -0.2) is 5.43 Å². The number of nitrogens with one attached hydrogen (secondary N) is 2. The van der Waals surface area contributed by atoms with Gasteiger partial charge in [0.15, 0.2) is 6.61 Å². The van der Waals surface area contributed by atoms with E-state index in [1.54, 1.807) is 30.5 Å². The van der Waals surface area contributed by atoms with Gasteiger partial charge in [-0.1, -0.05) is 60.1 Å². The fraction of sp³-hybridized carbons (Fsp3) is 0.179. The second kappa shape index (κ2) is 11.6. The Kier molecular flexibility index (Phi) is 8.02. The number of hydrogen-bond donors (Lipinski definition) is 2. The first-order valence-electron chi connectivity index (χ1n) is 11.5. The van der Waals surface area contributed by atoms with Gasteiger partial charge in [-0.3, -0.25) is 9.59 Å². The maximum Gasteiger partial charge on any atom is 0.262 e. The van der Waals surface area contributed by atoms with Crippen LogP contribution in [0.2, 0.25) is 5.02 Å². The Labute approximate surface area is 214 Å². The lowest BCUT2D eigenvalue weighted by molar-refractivity contribution is -0.130. The van der Waals surface area contributed by atoms with Crippen LogP contribution in [0.5, 0.6) is 5.75 Å². The van der Waals surface area contributed by atoms with Crippen molar-refractivity contribution in [2.75, 3.05) is 6.61 Å². The molecule has 2 amide bonds. The van der Waals surface area contributed by atoms with Crippen molar-refractivity contribution in [1.82, 2.24) is 15.3 Å². The van der Waals surface area contributed by atoms with Crippen LogP contribution in [0.15, 0.2) is 84.0 Å². The number of rotatable bonds is 9. The molecule has 7 nitrogen and oxygen atoms in total. The number of nitrogens with zero attached hydrogens (tertiary/aromatic N) is 2. The molecule has 0 saturated heterocycles. The number of carbonyl (C=O) groups excluding carboxylic acids is 2. The molecular formula is C28H27ClN4O3. The molecule has 4 rings (SSSR count). The second-order valence-electron chi connectivity index (χ2n) is 8.36. The summed E-state index contributed by atoms with van der Waals surface area (Å²) >= 11 is 5.88. The molecule has 0 aliphatic carbocycles. The van der Waals surface area contributed by atoms with E-state index in [0.29, 0.717) is 17.2 Å². The normalized spacial score (nSPS) is 12.0. The zero-order valence-corrected chi connectivity index (χ0v) is 20.8. The molecule has 1 aromatic heterocycles. The number of hydrogen-bond acceptors (Lipinski definition) is 4. The fourth-order valence-corrected chi connectivity index (χ4v) is 4.05. The highest BCUT2D eigenvalue weighted by atomic mass is 35.5. The first-order valence-corrected chi connectivity index (χ1v) is 11.9. The van der Waals surface area contributed by atoms with Gasteiger partial charge in [0.2, 0.25) is 0 Å². The highest BCUT2D eigenvalue weighted by Gasteiger charge is 2.21. The smallest absolute Gasteiger partial charge is 0.262 e. The van der Waals surface area contributed by atoms with Crippen LogP contribution < -0.4 is 15.5 Å². The Morgan fingerprint density at radius 2 is 1.72 bits per heavy atom. The van der Waals surface area contributed by atoms with Gasteiger partial charge in [0.1, 0.15) is 11.8 Å². The van der Waals surface area contributed by atoms with Crippen LogP contribution in [0.3, 0.4) is 0 Å². The summed E-state index contributed by atoms with van der Waals surface area (Å²) in [6.07, 6.45) is 1.95. The number of carbonyl (C=O) groups is 2. The summed E-state index contributed by atoms with van der Waals surface area (Å²) in [5.41, 5.74) is 6.53. The van der Waals surface area contributed by atoms with Crippen molar-refractivity contribution < 1.29 is 14.3 Å². The maximum absolute atomic E-state index is 13.0. The first kappa shape index (κ1) is 25.0. The van der Waals surface area contributed by atoms with Crippen LogP contribution in [0.25, 0.3) is 10.9 Å². The number of halogens is 1. The van der Waals surface area contributed by atoms with Crippen LogP contribution >= 0.6 is 11.6 Å². The molecule has 0 spiro atoms. The minimum absolute atomic E-state index is 0.237. The number of aromatic nitrogens is 1. The second-order valence-corrected chi connectivity index (χ2v) is 8.80. The summed E-state index contributed by atoms with van der Waals surface area (Å²) in [7, 11) is 1.99. The molecule has 0 aliphatic heterocycles. The van der Waals surface area contributed by atoms with Crippen LogP contribution in [-0.2, 0) is 23.1 Å². The molecule has 0 fully saturated rings. The summed E-state index contributed by atoms with van der Waals surface area (Å²) in [5, 5.41) is 8.59. The first-order chi connectivity index (χ1) is 17.4. The predicted octanol–water partition coefficient (Wildman–Crippen LogP) is 4.40. The standard InChI is InChI=1S/C28H27ClN4O3/c1-19-24(23-10-6-7-11-26(23)33(19)2)17-30-32-28(35)25(16-20-8-4-3-5-9-20)31-27(34)18-36-22-14-12-21(29)13-15-22/h3-15,17,25H,16,18H2,1-2H3,(H,31,34)(H,32,35)/b30-17-/t25-/m0/s1. The van der Waals surface area contributed by atoms with Crippen molar-refractivity contribution in [2.45, 2.75) is 19.4 Å². The Morgan fingerprint density at radius 3 is 2.47 bits per heavy atom. The number of benzene rings is 3. The van der Waals surface area contributed by atoms with Gasteiger partial charge in [-0.2, -0.15) is 5.10 Å². The maximum atomic E-state index is 13.0. The highest BCUT2D eigenvalue weighted by molar-refractivity contribution is 6.30. The SMILES string of the molecule is Cc1c(/C=N\NC(=O)[C@H](Cc2ccccc2)NC(=O)COc2ccc(Cl)cc2)c2ccccc2n1C. The van der Waals surface area contributed by atoms with Crippen molar-refractivity contribution in [3.63, 3.8) is 0 Å². The average molecular weight is 503 g/mol. The largest absolute Gasteiger partial charge is 0.484 e. The summed E-state index contributed by atoms with van der Waals surface area (Å²) in [5.74, 6) is -0.337. The van der Waals surface area contributed by atoms with Gasteiger partial charge in [0, 0.05) is 40.7 Å². The number of para-hydroxylation sites is 1. The molecule has 3 aromatic carbocycles. The molecule has 1 heterocycles. The molecule has 1 atom stereocenters. The van der Waals surface area contributed by atoms with E-state index in [2.05, 4.69) is 20.4 Å². The molecule has 8 heteroatoms. The fourth-order valence-electron chi connectivity index (χ4n) is 3.93. The molecule has 184 valence electrons. The summed E-state index contributed by atoms with van der Waals surface area (Å²) in [4.78, 5) is 25.6. The van der Waals surface area contributed by atoms with E-state index in [4.69, 9.17) is 16.3 Å². The predicted molar refractivity (Wildman–Crippen MR) is 142 cm³/mol. The lowest BCUT2D eigenvalue weighted by atomic mass is 10.1. The lowest BCUT2D eigenvalue weighted by Crippen LogP contribution is -2.48. The number of ether oxygens (including phenoxy) is 1. The Morgan fingerprint density at radius 1 is 1.03 bits per heavy atom. The third-order valence-corrected chi connectivity index (χ3v) is 6.19. The van der Waals surface area contributed by atoms with E-state index in [9.17, 15) is 9.59 Å². The van der Waals surface area contributed by atoms with E-state index in [1.165, 1.54) is 0 Å². The average Bonchev–Trinajstić information content (AvgIpc) is 3.13. The minimum atomic E-state index is -0.834. The van der Waals surface area contributed by atoms with Crippen LogP contribution in [-0.4, -0.2) is 35.2 Å². The van der Waals surface area contributed by atoms with Crippen molar-refractivity contribution in [3.8, 4) is 5.75 Å². The van der Waals surface area contributed by atoms with Gasteiger partial charge in [0.05, 0.1) is 6.21 Å². The lowest BCUT2D eigenvalue weighted by Gasteiger charge is -2.17. The Hall–Kier alpha value is -4.10. The van der Waals surface area contributed by atoms with Gasteiger partial charge < -0.3 is 14.6 Å². The van der Waals surface area contributed by atoms with Gasteiger partial charge in [0.25, 0.3) is 11.8 Å². The van der Waals surface area contributed by atoms with E-state index in [0.717, 1.165) is 27.7 Å². The zero-order chi connectivity index (χ0) is 25.5. The molecule has 0 saturated carbocycles. The van der Waals surface area contributed by atoms with E-state index in [1.807, 2.05) is 68.6 Å². The Bertz CT molecular complexity index is 1380. The molecule has 0 unspecified atom stereocenters. The molecule has 2 N–H and O–H groups in total. The number of aryl methyl sites for hydroxylation is 1. The third-order valence-electron chi connectivity index (χ3n) is 5.93. The van der Waals surface area contributed by atoms with E-state index < -0.39 is 17.9 Å². The van der Waals surface area contributed by atoms with Crippen LogP contribution in [0.1, 0.15) is 16.8 Å². The minimum Gasteiger partial charge on any atom is -0.484 e. The van der Waals surface area contributed by atoms with Crippen molar-refractivity contribution in [3.05, 3.63) is 101 Å². The van der Waals surface area contributed by atoms with Gasteiger partial charge >= 0.3 is 0 Å². The van der Waals surface area contributed by atoms with Crippen molar-refractivity contribution in [2.24, 2.45) is 12.1 Å². The van der Waals surface area contributed by atoms with Gasteiger partial charge in [-0.15, -0.1) is 0 Å². The highest BCUT2D eigenvalue weighted by Crippen LogP contribution is 2.23. The van der Waals surface area contributed by atoms with E-state index in [-0.39, 0.29) is 6.61 Å². The van der Waals surface area contributed by atoms with Crippen molar-refractivity contribution in [1.29, 1.82) is 0 Å². The van der Waals surface area contributed by atoms with Crippen LogP contribution in [0, 0.1) is 6.92 Å². The number of amides is 2. The molecular weight excluding hydrogens is 476 g/mol. The third kappa shape index (κ3) is 6.12. The monoisotopic (exact) mass is 502 g/mol. The Balaban J connectivity index is 1.44. The van der Waals surface area contributed by atoms with E-state index >= 15 is 0 Å². The molecule has 36 heavy (non-hydrogen) atoms. The van der Waals surface area contributed by atoms with Gasteiger partial charge in [-0.05, 0) is 42.8 Å². The van der Waals surface area contributed by atoms with Crippen molar-refractivity contribution >= 4 is 40.5 Å². The molecule has 0 radical (unpaired) electrons. The molecule has 0 bridgehead atoms. The topological polar surface area (TPSA) is 84.7 Å². The summed E-state index contributed by atoms with van der Waals surface area (Å²) < 4.78 is 7.60. The number of fused-ring (bicyclic) bond motifs is 1. The number of hydrazone groups is 1.